The molecule has 0 bridgehead atoms. The number of nitrogen functional groups attached to an aromatic ring is 1. The molecule has 224 valence electrons. The van der Waals surface area contributed by atoms with E-state index in [1.807, 2.05) is 30.1 Å². The number of H-pyrrole nitrogens is 1. The first kappa shape index (κ1) is 27.7. The molecule has 1 fully saturated rings. The lowest BCUT2D eigenvalue weighted by atomic mass is 9.94. The molecule has 7 rings (SSSR count). The van der Waals surface area contributed by atoms with E-state index in [0.29, 0.717) is 36.5 Å². The Morgan fingerprint density at radius 3 is 2.59 bits per heavy atom. The Hall–Kier alpha value is -5.10. The largest absolute Gasteiger partial charge is 0.433 e. The van der Waals surface area contributed by atoms with Crippen LogP contribution in [0.5, 0.6) is 11.6 Å². The predicted octanol–water partition coefficient (Wildman–Crippen LogP) is 4.53. The lowest BCUT2D eigenvalue weighted by molar-refractivity contribution is -0.141. The topological polar surface area (TPSA) is 122 Å². The van der Waals surface area contributed by atoms with Crippen molar-refractivity contribution in [2.45, 2.75) is 32.4 Å². The molecule has 5 aromatic rings. The molecule has 0 saturated carbocycles. The number of hydrogen-bond acceptors (Lipinski definition) is 7. The highest BCUT2D eigenvalue weighted by molar-refractivity contribution is 6.12. The monoisotopic (exact) mass is 597 g/mol. The standard InChI is InChI=1S/C32H29F2N7O3/c1-17-12-28(44-30-22(33)4-3-5-23(30)34)36-15-27(17)41-31(35)21(14-37-41)29(42)25-13-20-19-8-11-40(32(43)26-9-10-39(26)2)16-18(19)6-7-24(20)38-25/h3-7,12-15,26,38H,8-11,16,35H2,1-2H3. The van der Waals surface area contributed by atoms with Crippen LogP contribution < -0.4 is 10.5 Å². The van der Waals surface area contributed by atoms with Crippen molar-refractivity contribution in [3.05, 3.63) is 94.4 Å². The highest BCUT2D eigenvalue weighted by atomic mass is 19.1. The third-order valence-electron chi connectivity index (χ3n) is 8.60. The van der Waals surface area contributed by atoms with Gasteiger partial charge in [0.25, 0.3) is 0 Å². The molecule has 1 saturated heterocycles. The van der Waals surface area contributed by atoms with Crippen LogP contribution >= 0.6 is 0 Å². The van der Waals surface area contributed by atoms with Gasteiger partial charge < -0.3 is 20.4 Å². The van der Waals surface area contributed by atoms with Gasteiger partial charge in [-0.25, -0.2) is 18.4 Å². The maximum absolute atomic E-state index is 14.0. The summed E-state index contributed by atoms with van der Waals surface area (Å²) in [5, 5.41) is 5.28. The summed E-state index contributed by atoms with van der Waals surface area (Å²) in [5.41, 5.74) is 11.1. The molecule has 1 amide bonds. The second-order valence-corrected chi connectivity index (χ2v) is 11.3. The van der Waals surface area contributed by atoms with Crippen LogP contribution in [-0.2, 0) is 17.8 Å². The van der Waals surface area contributed by atoms with Crippen molar-refractivity contribution in [1.29, 1.82) is 0 Å². The van der Waals surface area contributed by atoms with Gasteiger partial charge in [0.15, 0.2) is 11.6 Å². The number of aromatic nitrogens is 4. The number of aromatic amines is 1. The third-order valence-corrected chi connectivity index (χ3v) is 8.60. The summed E-state index contributed by atoms with van der Waals surface area (Å²) in [6, 6.07) is 10.7. The minimum atomic E-state index is -0.848. The second-order valence-electron chi connectivity index (χ2n) is 11.3. The minimum absolute atomic E-state index is 0.0125. The first-order valence-electron chi connectivity index (χ1n) is 14.3. The van der Waals surface area contributed by atoms with Crippen molar-refractivity contribution < 1.29 is 23.1 Å². The molecule has 12 heteroatoms. The van der Waals surface area contributed by atoms with Gasteiger partial charge in [0.2, 0.25) is 23.3 Å². The molecule has 5 heterocycles. The first-order valence-corrected chi connectivity index (χ1v) is 14.3. The number of benzene rings is 2. The Balaban J connectivity index is 1.12. The summed E-state index contributed by atoms with van der Waals surface area (Å²) >= 11 is 0. The van der Waals surface area contributed by atoms with E-state index in [0.717, 1.165) is 47.1 Å². The summed E-state index contributed by atoms with van der Waals surface area (Å²) in [5.74, 6) is -2.29. The van der Waals surface area contributed by atoms with Gasteiger partial charge >= 0.3 is 0 Å². The number of halogens is 2. The van der Waals surface area contributed by atoms with E-state index in [9.17, 15) is 18.4 Å². The molecule has 2 aliphatic heterocycles. The molecular formula is C32H29F2N7O3. The van der Waals surface area contributed by atoms with Crippen LogP contribution in [0.4, 0.5) is 14.6 Å². The zero-order valence-electron chi connectivity index (χ0n) is 24.1. The molecule has 0 spiro atoms. The zero-order chi connectivity index (χ0) is 30.7. The number of amides is 1. The summed E-state index contributed by atoms with van der Waals surface area (Å²) < 4.78 is 34.8. The normalized spacial score (nSPS) is 16.5. The molecule has 3 N–H and O–H groups in total. The number of ketones is 1. The number of nitrogens with zero attached hydrogens (tertiary/aromatic N) is 5. The highest BCUT2D eigenvalue weighted by Crippen LogP contribution is 2.32. The van der Waals surface area contributed by atoms with E-state index in [2.05, 4.69) is 20.0 Å². The number of ether oxygens (including phenoxy) is 1. The number of nitrogens with one attached hydrogen (secondary N) is 1. The molecule has 2 aliphatic rings. The van der Waals surface area contributed by atoms with Crippen LogP contribution in [0.15, 0.2) is 54.9 Å². The van der Waals surface area contributed by atoms with Gasteiger partial charge in [-0.2, -0.15) is 5.10 Å². The maximum Gasteiger partial charge on any atom is 0.240 e. The predicted molar refractivity (Wildman–Crippen MR) is 159 cm³/mol. The van der Waals surface area contributed by atoms with Crippen molar-refractivity contribution in [3.63, 3.8) is 0 Å². The van der Waals surface area contributed by atoms with Crippen molar-refractivity contribution in [2.75, 3.05) is 25.9 Å². The highest BCUT2D eigenvalue weighted by Gasteiger charge is 2.35. The lowest BCUT2D eigenvalue weighted by Crippen LogP contribution is -2.55. The number of hydrogen-bond donors (Lipinski definition) is 2. The summed E-state index contributed by atoms with van der Waals surface area (Å²) in [6.45, 7) is 3.87. The first-order chi connectivity index (χ1) is 21.2. The van der Waals surface area contributed by atoms with E-state index in [1.54, 1.807) is 6.92 Å². The number of likely N-dealkylation sites (tertiary alicyclic amines) is 1. The maximum atomic E-state index is 14.0. The number of aryl methyl sites for hydroxylation is 1. The number of para-hydroxylation sites is 1. The van der Waals surface area contributed by atoms with Gasteiger partial charge in [-0.3, -0.25) is 14.5 Å². The number of carbonyl (C=O) groups is 2. The average Bonchev–Trinajstić information content (AvgIpc) is 3.62. The second kappa shape index (κ2) is 10.6. The Kier molecular flexibility index (Phi) is 6.65. The van der Waals surface area contributed by atoms with Crippen molar-refractivity contribution >= 4 is 28.4 Å². The molecule has 3 aromatic heterocycles. The van der Waals surface area contributed by atoms with Crippen LogP contribution in [-0.4, -0.2) is 67.4 Å². The quantitative estimate of drug-likeness (QED) is 0.276. The van der Waals surface area contributed by atoms with Crippen molar-refractivity contribution in [2.24, 2.45) is 0 Å². The average molecular weight is 598 g/mol. The summed E-state index contributed by atoms with van der Waals surface area (Å²) in [6.07, 6.45) is 4.41. The Morgan fingerprint density at radius 1 is 1.09 bits per heavy atom. The summed E-state index contributed by atoms with van der Waals surface area (Å²) in [7, 11) is 1.98. The van der Waals surface area contributed by atoms with Crippen LogP contribution in [0.25, 0.3) is 16.6 Å². The Labute approximate surface area is 251 Å². The number of pyridine rings is 1. The molecule has 2 aromatic carbocycles. The smallest absolute Gasteiger partial charge is 0.240 e. The fraction of sp³-hybridized carbons (Fsp3) is 0.250. The molecule has 10 nitrogen and oxygen atoms in total. The molecular weight excluding hydrogens is 568 g/mol. The van der Waals surface area contributed by atoms with Gasteiger partial charge in [-0.1, -0.05) is 12.1 Å². The molecule has 0 aliphatic carbocycles. The van der Waals surface area contributed by atoms with Crippen LogP contribution in [0.2, 0.25) is 0 Å². The molecule has 1 atom stereocenters. The van der Waals surface area contributed by atoms with Gasteiger partial charge in [-0.05, 0) is 67.8 Å². The third kappa shape index (κ3) is 4.58. The Morgan fingerprint density at radius 2 is 1.89 bits per heavy atom. The van der Waals surface area contributed by atoms with Gasteiger partial charge in [0.05, 0.1) is 35.4 Å². The molecule has 1 unspecified atom stereocenters. The number of fused-ring (bicyclic) bond motifs is 3. The van der Waals surface area contributed by atoms with Gasteiger partial charge in [0, 0.05) is 36.6 Å². The minimum Gasteiger partial charge on any atom is -0.433 e. The van der Waals surface area contributed by atoms with Crippen LogP contribution in [0.1, 0.15) is 39.2 Å². The number of nitrogens with two attached hydrogens (primary N) is 1. The Bertz CT molecular complexity index is 1950. The van der Waals surface area contributed by atoms with E-state index < -0.39 is 17.4 Å². The van der Waals surface area contributed by atoms with E-state index in [-0.39, 0.29) is 35.0 Å². The number of anilines is 1. The van der Waals surface area contributed by atoms with Crippen LogP contribution in [0.3, 0.4) is 0 Å². The SMILES string of the molecule is Cc1cc(Oc2c(F)cccc2F)ncc1-n1ncc(C(=O)c2cc3c4c(ccc3[nH]2)CN(C(=O)C2CCN2C)CC4)c1N. The number of rotatable bonds is 6. The number of carbonyl (C=O) groups excluding carboxylic acids is 2. The van der Waals surface area contributed by atoms with Crippen LogP contribution in [0, 0.1) is 18.6 Å². The fourth-order valence-corrected chi connectivity index (χ4v) is 5.99. The lowest BCUT2D eigenvalue weighted by Gasteiger charge is -2.41. The zero-order valence-corrected chi connectivity index (χ0v) is 24.1. The van der Waals surface area contributed by atoms with Crippen molar-refractivity contribution in [3.8, 4) is 17.3 Å². The fourth-order valence-electron chi connectivity index (χ4n) is 5.99. The number of likely N-dealkylation sites (N-methyl/N-ethyl adjacent to an activating group) is 1. The van der Waals surface area contributed by atoms with Crippen molar-refractivity contribution in [1.82, 2.24) is 29.5 Å². The van der Waals surface area contributed by atoms with E-state index in [1.165, 1.54) is 29.2 Å². The summed E-state index contributed by atoms with van der Waals surface area (Å²) in [4.78, 5) is 38.0. The van der Waals surface area contributed by atoms with E-state index >= 15 is 0 Å². The molecule has 0 radical (unpaired) electrons. The molecule has 44 heavy (non-hydrogen) atoms. The van der Waals surface area contributed by atoms with E-state index in [4.69, 9.17) is 10.5 Å². The van der Waals surface area contributed by atoms with Gasteiger partial charge in [-0.15, -0.1) is 0 Å². The van der Waals surface area contributed by atoms with Gasteiger partial charge in [0.1, 0.15) is 5.82 Å².